The van der Waals surface area contributed by atoms with Crippen LogP contribution in [0, 0.1) is 25.2 Å². The fraction of sp³-hybridized carbons (Fsp3) is 0.143. The lowest BCUT2D eigenvalue weighted by Crippen LogP contribution is -1.95. The number of rotatable bonds is 2. The topological polar surface area (TPSA) is 71.9 Å². The lowest BCUT2D eigenvalue weighted by Gasteiger charge is -2.10. The number of ether oxygens (including phenoxy) is 1. The second-order valence-electron chi connectivity index (χ2n) is 4.07. The van der Waals surface area contributed by atoms with Gasteiger partial charge in [0, 0.05) is 18.0 Å². The van der Waals surface area contributed by atoms with Gasteiger partial charge in [0.05, 0.1) is 5.56 Å². The SMILES string of the molecule is Cc1cc(Oc2ccc(C#N)cn2)c(C)cc1N. The van der Waals surface area contributed by atoms with Gasteiger partial charge in [0.25, 0.3) is 0 Å². The highest BCUT2D eigenvalue weighted by Crippen LogP contribution is 2.27. The minimum atomic E-state index is 0.460. The summed E-state index contributed by atoms with van der Waals surface area (Å²) < 4.78 is 5.67. The molecule has 0 aliphatic rings. The van der Waals surface area contributed by atoms with Gasteiger partial charge < -0.3 is 10.5 Å². The summed E-state index contributed by atoms with van der Waals surface area (Å²) in [6.07, 6.45) is 1.48. The van der Waals surface area contributed by atoms with Gasteiger partial charge in [-0.2, -0.15) is 5.26 Å². The third-order valence-corrected chi connectivity index (χ3v) is 2.64. The predicted molar refractivity (Wildman–Crippen MR) is 69.4 cm³/mol. The Balaban J connectivity index is 2.28. The fourth-order valence-electron chi connectivity index (χ4n) is 1.54. The Bertz CT molecular complexity index is 612. The molecule has 1 heterocycles. The lowest BCUT2D eigenvalue weighted by atomic mass is 10.1. The van der Waals surface area contributed by atoms with Gasteiger partial charge in [-0.25, -0.2) is 4.98 Å². The highest BCUT2D eigenvalue weighted by atomic mass is 16.5. The van der Waals surface area contributed by atoms with Crippen LogP contribution in [-0.2, 0) is 0 Å². The zero-order valence-corrected chi connectivity index (χ0v) is 10.3. The second-order valence-corrected chi connectivity index (χ2v) is 4.07. The van der Waals surface area contributed by atoms with E-state index in [4.69, 9.17) is 15.7 Å². The molecule has 1 aromatic heterocycles. The third kappa shape index (κ3) is 2.41. The number of aromatic nitrogens is 1. The first-order chi connectivity index (χ1) is 8.60. The van der Waals surface area contributed by atoms with Crippen molar-refractivity contribution in [2.24, 2.45) is 0 Å². The Morgan fingerprint density at radius 1 is 1.22 bits per heavy atom. The van der Waals surface area contributed by atoms with Gasteiger partial charge in [-0.1, -0.05) is 0 Å². The van der Waals surface area contributed by atoms with Crippen LogP contribution in [0.3, 0.4) is 0 Å². The minimum absolute atomic E-state index is 0.460. The van der Waals surface area contributed by atoms with Crippen LogP contribution in [0.1, 0.15) is 16.7 Å². The van der Waals surface area contributed by atoms with Crippen molar-refractivity contribution in [3.63, 3.8) is 0 Å². The largest absolute Gasteiger partial charge is 0.439 e. The van der Waals surface area contributed by atoms with E-state index in [0.717, 1.165) is 22.6 Å². The van der Waals surface area contributed by atoms with Crippen molar-refractivity contribution < 1.29 is 4.74 Å². The monoisotopic (exact) mass is 239 g/mol. The summed E-state index contributed by atoms with van der Waals surface area (Å²) in [6.45, 7) is 3.85. The van der Waals surface area contributed by atoms with E-state index in [9.17, 15) is 0 Å². The van der Waals surface area contributed by atoms with Gasteiger partial charge >= 0.3 is 0 Å². The molecule has 0 amide bonds. The van der Waals surface area contributed by atoms with E-state index in [0.29, 0.717) is 11.4 Å². The second kappa shape index (κ2) is 4.76. The van der Waals surface area contributed by atoms with E-state index >= 15 is 0 Å². The molecule has 2 N–H and O–H groups in total. The number of hydrogen-bond acceptors (Lipinski definition) is 4. The number of benzene rings is 1. The number of aryl methyl sites for hydroxylation is 2. The van der Waals surface area contributed by atoms with Crippen LogP contribution in [0.4, 0.5) is 5.69 Å². The first-order valence-electron chi connectivity index (χ1n) is 5.51. The van der Waals surface area contributed by atoms with Crippen molar-refractivity contribution in [3.8, 4) is 17.7 Å². The maximum absolute atomic E-state index is 8.68. The Labute approximate surface area is 106 Å². The Morgan fingerprint density at radius 2 is 2.00 bits per heavy atom. The zero-order valence-electron chi connectivity index (χ0n) is 10.3. The molecule has 0 fully saturated rings. The Morgan fingerprint density at radius 3 is 2.61 bits per heavy atom. The van der Waals surface area contributed by atoms with Gasteiger partial charge in [0.15, 0.2) is 0 Å². The van der Waals surface area contributed by atoms with E-state index in [1.54, 1.807) is 12.1 Å². The van der Waals surface area contributed by atoms with Crippen molar-refractivity contribution in [2.45, 2.75) is 13.8 Å². The van der Waals surface area contributed by atoms with Crippen LogP contribution in [0.2, 0.25) is 0 Å². The van der Waals surface area contributed by atoms with Gasteiger partial charge in [-0.15, -0.1) is 0 Å². The first-order valence-corrected chi connectivity index (χ1v) is 5.51. The Kier molecular flexibility index (Phi) is 3.16. The van der Waals surface area contributed by atoms with E-state index < -0.39 is 0 Å². The van der Waals surface area contributed by atoms with Gasteiger partial charge in [0.1, 0.15) is 11.8 Å². The number of anilines is 1. The minimum Gasteiger partial charge on any atom is -0.439 e. The molecule has 2 aromatic rings. The maximum atomic E-state index is 8.68. The molecule has 90 valence electrons. The number of nitrogen functional groups attached to an aromatic ring is 1. The van der Waals surface area contributed by atoms with Crippen LogP contribution in [0.25, 0.3) is 0 Å². The van der Waals surface area contributed by atoms with Crippen molar-refractivity contribution in [3.05, 3.63) is 47.2 Å². The van der Waals surface area contributed by atoms with Crippen LogP contribution in [0.5, 0.6) is 11.6 Å². The number of hydrogen-bond donors (Lipinski definition) is 1. The van der Waals surface area contributed by atoms with Gasteiger partial charge in [-0.3, -0.25) is 0 Å². The molecule has 1 aromatic carbocycles. The molecule has 0 unspecified atom stereocenters. The molecule has 0 aliphatic carbocycles. The summed E-state index contributed by atoms with van der Waals surface area (Å²) in [6, 6.07) is 9.10. The van der Waals surface area contributed by atoms with Crippen LogP contribution >= 0.6 is 0 Å². The van der Waals surface area contributed by atoms with Crippen molar-refractivity contribution in [2.75, 3.05) is 5.73 Å². The molecule has 4 heteroatoms. The fourth-order valence-corrected chi connectivity index (χ4v) is 1.54. The third-order valence-electron chi connectivity index (χ3n) is 2.64. The molecule has 0 bridgehead atoms. The van der Waals surface area contributed by atoms with Gasteiger partial charge in [0.2, 0.25) is 5.88 Å². The normalized spacial score (nSPS) is 9.83. The summed E-state index contributed by atoms with van der Waals surface area (Å²) >= 11 is 0. The van der Waals surface area contributed by atoms with Crippen molar-refractivity contribution >= 4 is 5.69 Å². The smallest absolute Gasteiger partial charge is 0.219 e. The molecular weight excluding hydrogens is 226 g/mol. The van der Waals surface area contributed by atoms with Crippen LogP contribution in [0.15, 0.2) is 30.5 Å². The van der Waals surface area contributed by atoms with Crippen molar-refractivity contribution in [1.29, 1.82) is 5.26 Å². The lowest BCUT2D eigenvalue weighted by molar-refractivity contribution is 0.459. The molecule has 18 heavy (non-hydrogen) atoms. The van der Waals surface area contributed by atoms with E-state index in [1.165, 1.54) is 6.20 Å². The van der Waals surface area contributed by atoms with Crippen LogP contribution in [-0.4, -0.2) is 4.98 Å². The molecule has 0 saturated heterocycles. The summed E-state index contributed by atoms with van der Waals surface area (Å²) in [5, 5.41) is 8.68. The zero-order chi connectivity index (χ0) is 13.1. The molecule has 0 spiro atoms. The summed E-state index contributed by atoms with van der Waals surface area (Å²) in [4.78, 5) is 4.06. The predicted octanol–water partition coefficient (Wildman–Crippen LogP) is 2.94. The molecule has 0 saturated carbocycles. The van der Waals surface area contributed by atoms with E-state index in [1.807, 2.05) is 32.0 Å². The average molecular weight is 239 g/mol. The van der Waals surface area contributed by atoms with Gasteiger partial charge in [-0.05, 0) is 43.2 Å². The average Bonchev–Trinajstić information content (AvgIpc) is 2.37. The standard InChI is InChI=1S/C14H13N3O/c1-9-6-13(10(2)5-12(9)16)18-14-4-3-11(7-15)8-17-14/h3-6,8H,16H2,1-2H3. The summed E-state index contributed by atoms with van der Waals surface area (Å²) in [5.41, 5.74) is 8.97. The molecular formula is C14H13N3O. The molecule has 0 radical (unpaired) electrons. The molecule has 4 nitrogen and oxygen atoms in total. The summed E-state index contributed by atoms with van der Waals surface area (Å²) in [7, 11) is 0. The molecule has 0 atom stereocenters. The molecule has 0 aliphatic heterocycles. The Hall–Kier alpha value is -2.54. The number of nitrogens with zero attached hydrogens (tertiary/aromatic N) is 2. The van der Waals surface area contributed by atoms with E-state index in [-0.39, 0.29) is 0 Å². The number of nitriles is 1. The number of nitrogens with two attached hydrogens (primary N) is 1. The number of pyridine rings is 1. The van der Waals surface area contributed by atoms with Crippen molar-refractivity contribution in [1.82, 2.24) is 4.98 Å². The highest BCUT2D eigenvalue weighted by Gasteiger charge is 2.05. The molecule has 2 rings (SSSR count). The quantitative estimate of drug-likeness (QED) is 0.818. The summed E-state index contributed by atoms with van der Waals surface area (Å²) in [5.74, 6) is 1.18. The first kappa shape index (κ1) is 11.9. The highest BCUT2D eigenvalue weighted by molar-refractivity contribution is 5.54. The van der Waals surface area contributed by atoms with E-state index in [2.05, 4.69) is 4.98 Å². The van der Waals surface area contributed by atoms with Crippen LogP contribution < -0.4 is 10.5 Å². The maximum Gasteiger partial charge on any atom is 0.219 e.